The van der Waals surface area contributed by atoms with Gasteiger partial charge >= 0.3 is 0 Å². The van der Waals surface area contributed by atoms with E-state index in [1.54, 1.807) is 18.3 Å². The van der Waals surface area contributed by atoms with Gasteiger partial charge in [-0.1, -0.05) is 26.7 Å². The van der Waals surface area contributed by atoms with Gasteiger partial charge < -0.3 is 10.6 Å². The highest BCUT2D eigenvalue weighted by atomic mass is 16.1. The van der Waals surface area contributed by atoms with E-state index in [0.717, 1.165) is 25.3 Å². The van der Waals surface area contributed by atoms with Crippen LogP contribution in [0, 0.1) is 5.92 Å². The Hall–Kier alpha value is -1.58. The van der Waals surface area contributed by atoms with Crippen LogP contribution >= 0.6 is 0 Å². The molecule has 0 aliphatic carbocycles. The topological polar surface area (TPSA) is 54.0 Å². The Balaban J connectivity index is 2.53. The largest absolute Gasteiger partial charge is 0.370 e. The summed E-state index contributed by atoms with van der Waals surface area (Å²) in [5, 5.41) is 6.17. The van der Waals surface area contributed by atoms with E-state index in [1.807, 2.05) is 6.92 Å². The summed E-state index contributed by atoms with van der Waals surface area (Å²) >= 11 is 0. The van der Waals surface area contributed by atoms with E-state index in [0.29, 0.717) is 11.4 Å². The Kier molecular flexibility index (Phi) is 7.05. The van der Waals surface area contributed by atoms with E-state index in [4.69, 9.17) is 0 Å². The Morgan fingerprint density at radius 3 is 2.70 bits per heavy atom. The van der Waals surface area contributed by atoms with E-state index < -0.39 is 0 Å². The maximum atomic E-state index is 12.3. The highest BCUT2D eigenvalue weighted by Gasteiger charge is 2.14. The van der Waals surface area contributed by atoms with Crippen LogP contribution in [0.1, 0.15) is 57.3 Å². The molecule has 0 spiro atoms. The molecule has 0 saturated carbocycles. The molecule has 0 aromatic carbocycles. The molecule has 4 heteroatoms. The van der Waals surface area contributed by atoms with Crippen molar-refractivity contribution >= 4 is 11.7 Å². The van der Waals surface area contributed by atoms with Crippen LogP contribution in [-0.2, 0) is 0 Å². The summed E-state index contributed by atoms with van der Waals surface area (Å²) in [6.45, 7) is 9.25. The van der Waals surface area contributed by atoms with E-state index in [2.05, 4.69) is 36.4 Å². The van der Waals surface area contributed by atoms with Crippen LogP contribution in [0.15, 0.2) is 18.3 Å². The molecular formula is C16H27N3O. The number of nitrogens with zero attached hydrogens (tertiary/aromatic N) is 1. The third kappa shape index (κ3) is 5.59. The average molecular weight is 277 g/mol. The monoisotopic (exact) mass is 277 g/mol. The lowest BCUT2D eigenvalue weighted by Gasteiger charge is -2.16. The Labute approximate surface area is 122 Å². The lowest BCUT2D eigenvalue weighted by molar-refractivity contribution is 0.0938. The van der Waals surface area contributed by atoms with Gasteiger partial charge in [0.25, 0.3) is 5.91 Å². The van der Waals surface area contributed by atoms with Gasteiger partial charge in [-0.3, -0.25) is 4.79 Å². The number of hydrogen-bond acceptors (Lipinski definition) is 3. The second-order valence-corrected chi connectivity index (χ2v) is 5.63. The minimum Gasteiger partial charge on any atom is -0.370 e. The molecule has 1 aromatic heterocycles. The number of rotatable bonds is 8. The lowest BCUT2D eigenvalue weighted by atomic mass is 10.0. The molecule has 1 rings (SSSR count). The molecule has 1 unspecified atom stereocenters. The average Bonchev–Trinajstić information content (AvgIpc) is 2.39. The van der Waals surface area contributed by atoms with Crippen molar-refractivity contribution in [2.45, 2.75) is 53.0 Å². The molecule has 0 aliphatic rings. The van der Waals surface area contributed by atoms with Crippen molar-refractivity contribution in [2.24, 2.45) is 5.92 Å². The summed E-state index contributed by atoms with van der Waals surface area (Å²) in [6.07, 6.45) is 5.06. The second kappa shape index (κ2) is 8.56. The first kappa shape index (κ1) is 16.5. The number of amides is 1. The Morgan fingerprint density at radius 1 is 1.30 bits per heavy atom. The van der Waals surface area contributed by atoms with Gasteiger partial charge in [0.1, 0.15) is 5.82 Å². The summed E-state index contributed by atoms with van der Waals surface area (Å²) in [4.78, 5) is 16.5. The van der Waals surface area contributed by atoms with E-state index >= 15 is 0 Å². The van der Waals surface area contributed by atoms with Crippen molar-refractivity contribution < 1.29 is 4.79 Å². The van der Waals surface area contributed by atoms with Gasteiger partial charge in [-0.15, -0.1) is 0 Å². The minimum atomic E-state index is -0.0499. The molecular weight excluding hydrogens is 250 g/mol. The molecule has 0 saturated heterocycles. The molecule has 20 heavy (non-hydrogen) atoms. The van der Waals surface area contributed by atoms with Gasteiger partial charge in [-0.25, -0.2) is 4.98 Å². The van der Waals surface area contributed by atoms with Crippen molar-refractivity contribution in [3.8, 4) is 0 Å². The highest BCUT2D eigenvalue weighted by Crippen LogP contribution is 2.12. The number of aromatic nitrogens is 1. The predicted octanol–water partition coefficient (Wildman–Crippen LogP) is 3.46. The summed E-state index contributed by atoms with van der Waals surface area (Å²) in [5.41, 5.74) is 0.616. The maximum Gasteiger partial charge on any atom is 0.255 e. The predicted molar refractivity (Wildman–Crippen MR) is 84.0 cm³/mol. The SMILES string of the molecule is CCNc1ncccc1C(=O)NC(C)CCCC(C)C. The smallest absolute Gasteiger partial charge is 0.255 e. The van der Waals surface area contributed by atoms with Crippen molar-refractivity contribution in [3.05, 3.63) is 23.9 Å². The van der Waals surface area contributed by atoms with Crippen molar-refractivity contribution in [1.82, 2.24) is 10.3 Å². The van der Waals surface area contributed by atoms with Crippen LogP contribution in [0.2, 0.25) is 0 Å². The van der Waals surface area contributed by atoms with Crippen LogP contribution in [0.4, 0.5) is 5.82 Å². The molecule has 1 atom stereocenters. The first-order valence-corrected chi connectivity index (χ1v) is 7.54. The number of carbonyl (C=O) groups excluding carboxylic acids is 1. The molecule has 1 heterocycles. The highest BCUT2D eigenvalue weighted by molar-refractivity contribution is 5.98. The Bertz CT molecular complexity index is 418. The Morgan fingerprint density at radius 2 is 2.05 bits per heavy atom. The number of anilines is 1. The molecule has 0 aliphatic heterocycles. The molecule has 0 bridgehead atoms. The van der Waals surface area contributed by atoms with Gasteiger partial charge in [0.05, 0.1) is 5.56 Å². The minimum absolute atomic E-state index is 0.0499. The molecule has 4 nitrogen and oxygen atoms in total. The first-order valence-electron chi connectivity index (χ1n) is 7.54. The van der Waals surface area contributed by atoms with Gasteiger partial charge in [0.15, 0.2) is 0 Å². The van der Waals surface area contributed by atoms with Crippen molar-refractivity contribution in [2.75, 3.05) is 11.9 Å². The normalized spacial score (nSPS) is 12.2. The third-order valence-electron chi connectivity index (χ3n) is 3.19. The van der Waals surface area contributed by atoms with Crippen LogP contribution in [0.3, 0.4) is 0 Å². The molecule has 1 aromatic rings. The summed E-state index contributed by atoms with van der Waals surface area (Å²) < 4.78 is 0. The fourth-order valence-corrected chi connectivity index (χ4v) is 2.10. The second-order valence-electron chi connectivity index (χ2n) is 5.63. The summed E-state index contributed by atoms with van der Waals surface area (Å²) in [6, 6.07) is 3.79. The van der Waals surface area contributed by atoms with Crippen LogP contribution < -0.4 is 10.6 Å². The zero-order valence-electron chi connectivity index (χ0n) is 13.1. The quantitative estimate of drug-likeness (QED) is 0.765. The molecule has 0 radical (unpaired) electrons. The fraction of sp³-hybridized carbons (Fsp3) is 0.625. The zero-order chi connectivity index (χ0) is 15.0. The standard InChI is InChI=1S/C16H27N3O/c1-5-17-15-14(10-7-11-18-15)16(20)19-13(4)9-6-8-12(2)3/h7,10-13H,5-6,8-9H2,1-4H3,(H,17,18)(H,19,20). The van der Waals surface area contributed by atoms with Crippen LogP contribution in [-0.4, -0.2) is 23.5 Å². The van der Waals surface area contributed by atoms with Crippen molar-refractivity contribution in [3.63, 3.8) is 0 Å². The number of hydrogen-bond donors (Lipinski definition) is 2. The van der Waals surface area contributed by atoms with E-state index in [-0.39, 0.29) is 11.9 Å². The van der Waals surface area contributed by atoms with Gasteiger partial charge in [-0.2, -0.15) is 0 Å². The molecule has 0 fully saturated rings. The fourth-order valence-electron chi connectivity index (χ4n) is 2.10. The molecule has 2 N–H and O–H groups in total. The molecule has 112 valence electrons. The van der Waals surface area contributed by atoms with E-state index in [9.17, 15) is 4.79 Å². The van der Waals surface area contributed by atoms with Gasteiger partial charge in [0.2, 0.25) is 0 Å². The maximum absolute atomic E-state index is 12.3. The van der Waals surface area contributed by atoms with Crippen LogP contribution in [0.25, 0.3) is 0 Å². The van der Waals surface area contributed by atoms with Crippen LogP contribution in [0.5, 0.6) is 0 Å². The first-order chi connectivity index (χ1) is 9.54. The van der Waals surface area contributed by atoms with Crippen molar-refractivity contribution in [1.29, 1.82) is 0 Å². The third-order valence-corrected chi connectivity index (χ3v) is 3.19. The van der Waals surface area contributed by atoms with Gasteiger partial charge in [-0.05, 0) is 38.3 Å². The zero-order valence-corrected chi connectivity index (χ0v) is 13.1. The number of nitrogens with one attached hydrogen (secondary N) is 2. The molecule has 1 amide bonds. The number of carbonyl (C=O) groups is 1. The lowest BCUT2D eigenvalue weighted by Crippen LogP contribution is -2.33. The van der Waals surface area contributed by atoms with E-state index in [1.165, 1.54) is 6.42 Å². The summed E-state index contributed by atoms with van der Waals surface area (Å²) in [7, 11) is 0. The van der Waals surface area contributed by atoms with Gasteiger partial charge in [0, 0.05) is 18.8 Å². The number of pyridine rings is 1. The summed E-state index contributed by atoms with van der Waals surface area (Å²) in [5.74, 6) is 1.32.